The molecular formula is C17H13N3O. The summed E-state index contributed by atoms with van der Waals surface area (Å²) >= 11 is 0. The lowest BCUT2D eigenvalue weighted by atomic mass is 10.1. The van der Waals surface area contributed by atoms with E-state index in [9.17, 15) is 4.79 Å². The quantitative estimate of drug-likeness (QED) is 0.864. The zero-order valence-corrected chi connectivity index (χ0v) is 11.6. The average Bonchev–Trinajstić information content (AvgIpc) is 2.54. The number of benzene rings is 2. The second kappa shape index (κ2) is 6.36. The predicted molar refractivity (Wildman–Crippen MR) is 79.4 cm³/mol. The van der Waals surface area contributed by atoms with Crippen molar-refractivity contribution >= 4 is 11.6 Å². The van der Waals surface area contributed by atoms with Crippen LogP contribution in [0.3, 0.4) is 0 Å². The molecule has 0 unspecified atom stereocenters. The summed E-state index contributed by atoms with van der Waals surface area (Å²) in [5.41, 5.74) is 2.63. The van der Waals surface area contributed by atoms with Gasteiger partial charge in [0.05, 0.1) is 29.7 Å². The summed E-state index contributed by atoms with van der Waals surface area (Å²) in [6.07, 6.45) is 0.249. The summed E-state index contributed by atoms with van der Waals surface area (Å²) in [5.74, 6) is -0.0743. The molecule has 1 amide bonds. The lowest BCUT2D eigenvalue weighted by Gasteiger charge is -2.17. The van der Waals surface area contributed by atoms with Gasteiger partial charge in [-0.15, -0.1) is 0 Å². The fourth-order valence-electron chi connectivity index (χ4n) is 1.92. The highest BCUT2D eigenvalue weighted by Crippen LogP contribution is 2.16. The normalized spacial score (nSPS) is 9.48. The molecule has 2 aromatic carbocycles. The van der Waals surface area contributed by atoms with E-state index in [1.807, 2.05) is 6.07 Å². The number of hydrogen-bond donors (Lipinski definition) is 0. The van der Waals surface area contributed by atoms with Crippen molar-refractivity contribution in [3.63, 3.8) is 0 Å². The van der Waals surface area contributed by atoms with Crippen LogP contribution in [0.1, 0.15) is 16.7 Å². The van der Waals surface area contributed by atoms with Crippen molar-refractivity contribution in [2.24, 2.45) is 0 Å². The molecule has 0 saturated carbocycles. The Balaban J connectivity index is 2.12. The highest BCUT2D eigenvalue weighted by atomic mass is 16.2. The summed E-state index contributed by atoms with van der Waals surface area (Å²) in [4.78, 5) is 13.8. The molecule has 21 heavy (non-hydrogen) atoms. The van der Waals surface area contributed by atoms with Crippen LogP contribution in [0.5, 0.6) is 0 Å². The number of carbonyl (C=O) groups is 1. The number of amides is 1. The molecule has 0 aliphatic carbocycles. The van der Waals surface area contributed by atoms with Crippen LogP contribution >= 0.6 is 0 Å². The minimum Gasteiger partial charge on any atom is -0.315 e. The van der Waals surface area contributed by atoms with E-state index in [0.29, 0.717) is 16.8 Å². The van der Waals surface area contributed by atoms with Crippen LogP contribution in [0.25, 0.3) is 0 Å². The molecule has 0 heterocycles. The molecule has 0 aromatic heterocycles. The summed E-state index contributed by atoms with van der Waals surface area (Å²) in [5, 5.41) is 17.6. The number of anilines is 1. The maximum Gasteiger partial charge on any atom is 0.231 e. The Labute approximate surface area is 123 Å². The first-order valence-corrected chi connectivity index (χ1v) is 6.40. The van der Waals surface area contributed by atoms with Crippen molar-refractivity contribution in [1.29, 1.82) is 10.5 Å². The van der Waals surface area contributed by atoms with Gasteiger partial charge in [0.25, 0.3) is 0 Å². The molecule has 2 rings (SSSR count). The van der Waals surface area contributed by atoms with Crippen LogP contribution < -0.4 is 4.90 Å². The Morgan fingerprint density at radius 1 is 1.05 bits per heavy atom. The van der Waals surface area contributed by atoms with Gasteiger partial charge in [-0.05, 0) is 35.9 Å². The highest BCUT2D eigenvalue weighted by molar-refractivity contribution is 5.94. The number of nitriles is 2. The molecule has 0 aliphatic heterocycles. The smallest absolute Gasteiger partial charge is 0.231 e. The standard InChI is InChI=1S/C17H13N3O/c1-20(16-4-2-3-15(9-16)12-19)17(21)10-13-5-7-14(11-18)8-6-13/h2-9H,10H2,1H3. The van der Waals surface area contributed by atoms with Gasteiger partial charge in [0.1, 0.15) is 0 Å². The first-order valence-electron chi connectivity index (χ1n) is 6.40. The van der Waals surface area contributed by atoms with Crippen molar-refractivity contribution in [1.82, 2.24) is 0 Å². The molecule has 0 N–H and O–H groups in total. The summed E-state index contributed by atoms with van der Waals surface area (Å²) in [7, 11) is 1.68. The average molecular weight is 275 g/mol. The topological polar surface area (TPSA) is 67.9 Å². The number of hydrogen-bond acceptors (Lipinski definition) is 3. The van der Waals surface area contributed by atoms with E-state index >= 15 is 0 Å². The van der Waals surface area contributed by atoms with E-state index in [4.69, 9.17) is 10.5 Å². The number of rotatable bonds is 3. The molecule has 0 spiro atoms. The Morgan fingerprint density at radius 2 is 1.71 bits per heavy atom. The van der Waals surface area contributed by atoms with Crippen molar-refractivity contribution in [2.45, 2.75) is 6.42 Å². The maximum atomic E-state index is 12.2. The van der Waals surface area contributed by atoms with Crippen molar-refractivity contribution in [3.8, 4) is 12.1 Å². The molecule has 0 aliphatic rings. The van der Waals surface area contributed by atoms with Gasteiger partial charge in [-0.2, -0.15) is 10.5 Å². The fourth-order valence-corrected chi connectivity index (χ4v) is 1.92. The lowest BCUT2D eigenvalue weighted by Crippen LogP contribution is -2.27. The van der Waals surface area contributed by atoms with Gasteiger partial charge in [-0.25, -0.2) is 0 Å². The maximum absolute atomic E-state index is 12.2. The van der Waals surface area contributed by atoms with Gasteiger partial charge in [-0.1, -0.05) is 18.2 Å². The first-order chi connectivity index (χ1) is 10.1. The zero-order valence-electron chi connectivity index (χ0n) is 11.6. The molecule has 0 saturated heterocycles. The van der Waals surface area contributed by atoms with Gasteiger partial charge < -0.3 is 4.90 Å². The molecule has 4 nitrogen and oxygen atoms in total. The largest absolute Gasteiger partial charge is 0.315 e. The van der Waals surface area contributed by atoms with Crippen molar-refractivity contribution in [2.75, 3.05) is 11.9 Å². The molecule has 2 aromatic rings. The molecule has 0 atom stereocenters. The van der Waals surface area contributed by atoms with E-state index < -0.39 is 0 Å². The Morgan fingerprint density at radius 3 is 2.33 bits per heavy atom. The van der Waals surface area contributed by atoms with Gasteiger partial charge in [0, 0.05) is 12.7 Å². The highest BCUT2D eigenvalue weighted by Gasteiger charge is 2.12. The monoisotopic (exact) mass is 275 g/mol. The predicted octanol–water partition coefficient (Wildman–Crippen LogP) is 2.64. The van der Waals surface area contributed by atoms with Crippen molar-refractivity contribution in [3.05, 3.63) is 65.2 Å². The first kappa shape index (κ1) is 14.3. The summed E-state index contributed by atoms with van der Waals surface area (Å²) in [6, 6.07) is 17.9. The summed E-state index contributed by atoms with van der Waals surface area (Å²) < 4.78 is 0. The second-order valence-electron chi connectivity index (χ2n) is 4.60. The van der Waals surface area contributed by atoms with Crippen LogP contribution in [-0.4, -0.2) is 13.0 Å². The molecule has 102 valence electrons. The summed E-state index contributed by atoms with van der Waals surface area (Å²) in [6.45, 7) is 0. The number of likely N-dealkylation sites (N-methyl/N-ethyl adjacent to an activating group) is 1. The van der Waals surface area contributed by atoms with E-state index in [2.05, 4.69) is 6.07 Å². The molecular weight excluding hydrogens is 262 g/mol. The van der Waals surface area contributed by atoms with Gasteiger partial charge >= 0.3 is 0 Å². The third kappa shape index (κ3) is 3.46. The molecule has 4 heteroatoms. The zero-order chi connectivity index (χ0) is 15.2. The lowest BCUT2D eigenvalue weighted by molar-refractivity contribution is -0.117. The third-order valence-corrected chi connectivity index (χ3v) is 3.18. The number of carbonyl (C=O) groups excluding carboxylic acids is 1. The van der Waals surface area contributed by atoms with Crippen LogP contribution in [0.2, 0.25) is 0 Å². The van der Waals surface area contributed by atoms with Gasteiger partial charge in [0.15, 0.2) is 0 Å². The molecule has 0 bridgehead atoms. The Kier molecular flexibility index (Phi) is 4.33. The van der Waals surface area contributed by atoms with E-state index in [0.717, 1.165) is 5.56 Å². The third-order valence-electron chi connectivity index (χ3n) is 3.18. The van der Waals surface area contributed by atoms with Gasteiger partial charge in [0.2, 0.25) is 5.91 Å². The van der Waals surface area contributed by atoms with Gasteiger partial charge in [-0.3, -0.25) is 4.79 Å². The SMILES string of the molecule is CN(C(=O)Cc1ccc(C#N)cc1)c1cccc(C#N)c1. The second-order valence-corrected chi connectivity index (χ2v) is 4.60. The van der Waals surface area contributed by atoms with Crippen molar-refractivity contribution < 1.29 is 4.79 Å². The Hall–Kier alpha value is -3.11. The Bertz CT molecular complexity index is 736. The number of nitrogens with zero attached hydrogens (tertiary/aromatic N) is 3. The molecule has 0 fully saturated rings. The minimum absolute atomic E-state index is 0.0743. The van der Waals surface area contributed by atoms with E-state index in [1.165, 1.54) is 4.90 Å². The van der Waals surface area contributed by atoms with Crippen LogP contribution in [0, 0.1) is 22.7 Å². The van der Waals surface area contributed by atoms with E-state index in [1.54, 1.807) is 55.6 Å². The molecule has 0 radical (unpaired) electrons. The van der Waals surface area contributed by atoms with Crippen LogP contribution in [0.15, 0.2) is 48.5 Å². The minimum atomic E-state index is -0.0743. The van der Waals surface area contributed by atoms with E-state index in [-0.39, 0.29) is 12.3 Å². The fraction of sp³-hybridized carbons (Fsp3) is 0.118. The van der Waals surface area contributed by atoms with Crippen LogP contribution in [-0.2, 0) is 11.2 Å². The van der Waals surface area contributed by atoms with Crippen LogP contribution in [0.4, 0.5) is 5.69 Å².